The molecule has 0 fully saturated rings. The van der Waals surface area contributed by atoms with Crippen LogP contribution in [0, 0.1) is 6.92 Å². The summed E-state index contributed by atoms with van der Waals surface area (Å²) in [5.41, 5.74) is 3.88. The largest absolute Gasteiger partial charge is 0.496 e. The summed E-state index contributed by atoms with van der Waals surface area (Å²) in [7, 11) is 5.35. The highest BCUT2D eigenvalue weighted by Gasteiger charge is 2.41. The summed E-state index contributed by atoms with van der Waals surface area (Å²) in [6.45, 7) is 1.89. The van der Waals surface area contributed by atoms with Gasteiger partial charge in [0.05, 0.1) is 18.4 Å². The molecule has 1 heterocycles. The van der Waals surface area contributed by atoms with Crippen LogP contribution < -0.4 is 19.9 Å². The lowest BCUT2D eigenvalue weighted by Gasteiger charge is -2.19. The summed E-state index contributed by atoms with van der Waals surface area (Å²) >= 11 is 6.10. The quantitative estimate of drug-likeness (QED) is 0.516. The smallest absolute Gasteiger partial charge is 0.282 e. The number of anilines is 3. The minimum absolute atomic E-state index is 0.185. The van der Waals surface area contributed by atoms with E-state index < -0.39 is 11.8 Å². The highest BCUT2D eigenvalue weighted by Crippen LogP contribution is 2.38. The number of amides is 2. The van der Waals surface area contributed by atoms with Gasteiger partial charge in [-0.15, -0.1) is 0 Å². The second-order valence-electron chi connectivity index (χ2n) is 7.89. The molecule has 1 N–H and O–H groups in total. The lowest BCUT2D eigenvalue weighted by molar-refractivity contribution is -0.120. The Morgan fingerprint density at radius 3 is 2.39 bits per heavy atom. The van der Waals surface area contributed by atoms with Crippen LogP contribution in [0.5, 0.6) is 5.75 Å². The number of benzene rings is 3. The molecule has 6 nitrogen and oxygen atoms in total. The highest BCUT2D eigenvalue weighted by molar-refractivity contribution is 6.46. The Labute approximate surface area is 198 Å². The molecule has 0 aliphatic carbocycles. The van der Waals surface area contributed by atoms with E-state index in [0.29, 0.717) is 27.7 Å². The van der Waals surface area contributed by atoms with Crippen LogP contribution in [0.25, 0.3) is 5.57 Å². The predicted molar refractivity (Wildman–Crippen MR) is 133 cm³/mol. The molecule has 0 saturated heterocycles. The van der Waals surface area contributed by atoms with Crippen molar-refractivity contribution in [2.45, 2.75) is 6.92 Å². The summed E-state index contributed by atoms with van der Waals surface area (Å²) in [5, 5.41) is 3.79. The van der Waals surface area contributed by atoms with Crippen LogP contribution in [0.1, 0.15) is 11.1 Å². The fourth-order valence-electron chi connectivity index (χ4n) is 3.79. The van der Waals surface area contributed by atoms with Gasteiger partial charge in [0.1, 0.15) is 11.4 Å². The number of methoxy groups -OCH3 is 1. The van der Waals surface area contributed by atoms with Gasteiger partial charge >= 0.3 is 0 Å². The summed E-state index contributed by atoms with van der Waals surface area (Å²) in [6, 6.07) is 19.8. The highest BCUT2D eigenvalue weighted by atomic mass is 35.5. The van der Waals surface area contributed by atoms with Crippen molar-refractivity contribution in [3.63, 3.8) is 0 Å². The minimum atomic E-state index is -0.439. The van der Waals surface area contributed by atoms with Crippen LogP contribution >= 0.6 is 11.6 Å². The third-order valence-corrected chi connectivity index (χ3v) is 5.75. The maximum absolute atomic E-state index is 13.7. The molecule has 3 aromatic rings. The average molecular weight is 462 g/mol. The van der Waals surface area contributed by atoms with E-state index in [-0.39, 0.29) is 11.3 Å². The average Bonchev–Trinajstić information content (AvgIpc) is 3.04. The lowest BCUT2D eigenvalue weighted by atomic mass is 10.0. The number of nitrogens with zero attached hydrogens (tertiary/aromatic N) is 2. The monoisotopic (exact) mass is 461 g/mol. The van der Waals surface area contributed by atoms with Crippen LogP contribution in [-0.2, 0) is 9.59 Å². The molecule has 0 bridgehead atoms. The maximum Gasteiger partial charge on any atom is 0.282 e. The van der Waals surface area contributed by atoms with Crippen molar-refractivity contribution >= 4 is 46.1 Å². The number of halogens is 1. The third-order valence-electron chi connectivity index (χ3n) is 5.51. The molecule has 0 saturated carbocycles. The Bertz CT molecular complexity index is 1280. The van der Waals surface area contributed by atoms with Gasteiger partial charge in [0.15, 0.2) is 0 Å². The summed E-state index contributed by atoms with van der Waals surface area (Å²) < 4.78 is 5.50. The van der Waals surface area contributed by atoms with Crippen LogP contribution in [0.2, 0.25) is 5.02 Å². The van der Waals surface area contributed by atoms with E-state index in [1.54, 1.807) is 36.4 Å². The molecule has 4 rings (SSSR count). The first-order chi connectivity index (χ1) is 15.8. The molecule has 0 aromatic heterocycles. The Balaban J connectivity index is 1.87. The van der Waals surface area contributed by atoms with Crippen molar-refractivity contribution in [2.75, 3.05) is 36.3 Å². The first-order valence-corrected chi connectivity index (χ1v) is 10.8. The van der Waals surface area contributed by atoms with Gasteiger partial charge in [-0.3, -0.25) is 9.59 Å². The van der Waals surface area contributed by atoms with Crippen molar-refractivity contribution in [3.8, 4) is 5.75 Å². The summed E-state index contributed by atoms with van der Waals surface area (Å²) in [4.78, 5) is 30.5. The van der Waals surface area contributed by atoms with E-state index in [4.69, 9.17) is 16.3 Å². The standard InChI is InChI=1S/C26H24ClN3O3/c1-16-14-17(27)12-13-21(16)28-24-23(20-10-5-6-11-22(20)33-4)25(31)30(26(24)32)19-9-7-8-18(15-19)29(2)3/h5-15,28H,1-4H3. The van der Waals surface area contributed by atoms with E-state index >= 15 is 0 Å². The fraction of sp³-hybridized carbons (Fsp3) is 0.154. The number of carbonyl (C=O) groups is 2. The van der Waals surface area contributed by atoms with Gasteiger partial charge < -0.3 is 15.0 Å². The second kappa shape index (κ2) is 9.00. The fourth-order valence-corrected chi connectivity index (χ4v) is 4.02. The van der Waals surface area contributed by atoms with Crippen molar-refractivity contribution in [2.24, 2.45) is 0 Å². The van der Waals surface area contributed by atoms with Crippen molar-refractivity contribution < 1.29 is 14.3 Å². The zero-order valence-electron chi connectivity index (χ0n) is 18.8. The van der Waals surface area contributed by atoms with E-state index in [0.717, 1.165) is 11.3 Å². The number of ether oxygens (including phenoxy) is 1. The predicted octanol–water partition coefficient (Wildman–Crippen LogP) is 5.12. The molecular weight excluding hydrogens is 438 g/mol. The molecule has 1 aliphatic rings. The Morgan fingerprint density at radius 2 is 1.70 bits per heavy atom. The van der Waals surface area contributed by atoms with Crippen LogP contribution in [0.4, 0.5) is 17.1 Å². The number of para-hydroxylation sites is 1. The molecule has 2 amide bonds. The number of rotatable bonds is 6. The molecule has 0 unspecified atom stereocenters. The molecule has 1 aliphatic heterocycles. The SMILES string of the molecule is COc1ccccc1C1=C(Nc2ccc(Cl)cc2C)C(=O)N(c2cccc(N(C)C)c2)C1=O. The van der Waals surface area contributed by atoms with E-state index in [2.05, 4.69) is 5.32 Å². The van der Waals surface area contributed by atoms with Crippen molar-refractivity contribution in [1.82, 2.24) is 0 Å². The van der Waals surface area contributed by atoms with Crippen molar-refractivity contribution in [3.05, 3.63) is 88.6 Å². The van der Waals surface area contributed by atoms with Gasteiger partial charge in [0.25, 0.3) is 11.8 Å². The number of imide groups is 1. The molecular formula is C26H24ClN3O3. The maximum atomic E-state index is 13.7. The number of carbonyl (C=O) groups excluding carboxylic acids is 2. The van der Waals surface area contributed by atoms with E-state index in [9.17, 15) is 9.59 Å². The van der Waals surface area contributed by atoms with E-state index in [1.807, 2.05) is 56.3 Å². The zero-order valence-corrected chi connectivity index (χ0v) is 19.6. The Morgan fingerprint density at radius 1 is 0.939 bits per heavy atom. The minimum Gasteiger partial charge on any atom is -0.496 e. The lowest BCUT2D eigenvalue weighted by Crippen LogP contribution is -2.32. The second-order valence-corrected chi connectivity index (χ2v) is 8.33. The number of nitrogens with one attached hydrogen (secondary N) is 1. The number of aryl methyl sites for hydroxylation is 1. The number of hydrogen-bond acceptors (Lipinski definition) is 5. The molecule has 7 heteroatoms. The molecule has 3 aromatic carbocycles. The van der Waals surface area contributed by atoms with Gasteiger partial charge in [-0.1, -0.05) is 35.9 Å². The van der Waals surface area contributed by atoms with Gasteiger partial charge in [0, 0.05) is 36.1 Å². The summed E-state index contributed by atoms with van der Waals surface area (Å²) in [6.07, 6.45) is 0. The summed E-state index contributed by atoms with van der Waals surface area (Å²) in [5.74, 6) is -0.356. The van der Waals surface area contributed by atoms with Gasteiger partial charge in [-0.05, 0) is 55.0 Å². The van der Waals surface area contributed by atoms with E-state index in [1.165, 1.54) is 12.0 Å². The van der Waals surface area contributed by atoms with Crippen LogP contribution in [-0.4, -0.2) is 33.0 Å². The molecule has 168 valence electrons. The normalized spacial score (nSPS) is 13.5. The topological polar surface area (TPSA) is 61.9 Å². The Hall–Kier alpha value is -3.77. The van der Waals surface area contributed by atoms with Crippen LogP contribution in [0.15, 0.2) is 72.4 Å². The number of hydrogen-bond donors (Lipinski definition) is 1. The van der Waals surface area contributed by atoms with Gasteiger partial charge in [-0.2, -0.15) is 0 Å². The van der Waals surface area contributed by atoms with Gasteiger partial charge in [0.2, 0.25) is 0 Å². The van der Waals surface area contributed by atoms with Gasteiger partial charge in [-0.25, -0.2) is 4.90 Å². The third kappa shape index (κ3) is 4.17. The Kier molecular flexibility index (Phi) is 6.11. The molecule has 0 atom stereocenters. The van der Waals surface area contributed by atoms with Crippen molar-refractivity contribution in [1.29, 1.82) is 0 Å². The molecule has 33 heavy (non-hydrogen) atoms. The zero-order chi connectivity index (χ0) is 23.7. The first-order valence-electron chi connectivity index (χ1n) is 10.4. The molecule has 0 spiro atoms. The van der Waals surface area contributed by atoms with Crippen LogP contribution in [0.3, 0.4) is 0 Å². The molecule has 0 radical (unpaired) electrons. The first kappa shape index (κ1) is 22.4.